The van der Waals surface area contributed by atoms with Crippen LogP contribution in [0.1, 0.15) is 6.42 Å². The van der Waals surface area contributed by atoms with Crippen LogP contribution in [0.25, 0.3) is 0 Å². The number of nitrogens with zero attached hydrogens (tertiary/aromatic N) is 1. The molecule has 12 heavy (non-hydrogen) atoms. The Morgan fingerprint density at radius 3 is 2.67 bits per heavy atom. The van der Waals surface area contributed by atoms with Crippen LogP contribution in [0.15, 0.2) is 24.5 Å². The highest BCUT2D eigenvalue weighted by molar-refractivity contribution is 5.70. The Labute approximate surface area is 70.4 Å². The summed E-state index contributed by atoms with van der Waals surface area (Å²) in [5.41, 5.74) is 0. The molecular weight excluding hydrogens is 158 g/mol. The molecule has 1 rings (SSSR count). The van der Waals surface area contributed by atoms with Crippen molar-refractivity contribution >= 4 is 6.09 Å². The van der Waals surface area contributed by atoms with Crippen molar-refractivity contribution in [3.63, 3.8) is 0 Å². The predicted octanol–water partition coefficient (Wildman–Crippen LogP) is 0.855. The standard InChI is InChI=1S/C8H11NO3/c10-6-3-7-12-8(11)9-4-1-2-5-9/h1-2,4-5,10H,3,6-7H2. The molecule has 0 amide bonds. The molecule has 0 spiro atoms. The minimum atomic E-state index is -0.409. The Balaban J connectivity index is 2.30. The molecule has 0 aliphatic rings. The maximum Gasteiger partial charge on any atom is 0.417 e. The van der Waals surface area contributed by atoms with Gasteiger partial charge in [-0.3, -0.25) is 4.57 Å². The van der Waals surface area contributed by atoms with E-state index < -0.39 is 6.09 Å². The van der Waals surface area contributed by atoms with Gasteiger partial charge in [0.1, 0.15) is 0 Å². The molecule has 0 aliphatic heterocycles. The van der Waals surface area contributed by atoms with Crippen LogP contribution in [0.2, 0.25) is 0 Å². The number of carbonyl (C=O) groups excluding carboxylic acids is 1. The summed E-state index contributed by atoms with van der Waals surface area (Å²) in [6.45, 7) is 0.298. The SMILES string of the molecule is O=C(OCCCO)n1cccc1. The van der Waals surface area contributed by atoms with Gasteiger partial charge in [0.25, 0.3) is 0 Å². The smallest absolute Gasteiger partial charge is 0.417 e. The van der Waals surface area contributed by atoms with Crippen LogP contribution in [-0.4, -0.2) is 29.0 Å². The van der Waals surface area contributed by atoms with Crippen molar-refractivity contribution in [3.05, 3.63) is 24.5 Å². The molecule has 0 bridgehead atoms. The van der Waals surface area contributed by atoms with E-state index >= 15 is 0 Å². The summed E-state index contributed by atoms with van der Waals surface area (Å²) < 4.78 is 6.14. The van der Waals surface area contributed by atoms with Gasteiger partial charge in [0.05, 0.1) is 6.61 Å². The van der Waals surface area contributed by atoms with Gasteiger partial charge in [-0.1, -0.05) is 0 Å². The molecule has 0 saturated heterocycles. The minimum absolute atomic E-state index is 0.0406. The lowest BCUT2D eigenvalue weighted by molar-refractivity contribution is 0.137. The van der Waals surface area contributed by atoms with E-state index in [0.717, 1.165) is 0 Å². The molecule has 0 saturated carbocycles. The van der Waals surface area contributed by atoms with E-state index in [1.54, 1.807) is 24.5 Å². The monoisotopic (exact) mass is 169 g/mol. The maximum absolute atomic E-state index is 11.0. The average molecular weight is 169 g/mol. The second-order valence-electron chi connectivity index (χ2n) is 2.28. The lowest BCUT2D eigenvalue weighted by Crippen LogP contribution is -2.12. The summed E-state index contributed by atoms with van der Waals surface area (Å²) in [5.74, 6) is 0. The number of rotatable bonds is 3. The van der Waals surface area contributed by atoms with Gasteiger partial charge in [-0.25, -0.2) is 4.79 Å². The van der Waals surface area contributed by atoms with Gasteiger partial charge in [0.2, 0.25) is 0 Å². The average Bonchev–Trinajstić information content (AvgIpc) is 2.56. The van der Waals surface area contributed by atoms with Gasteiger partial charge in [-0.15, -0.1) is 0 Å². The van der Waals surface area contributed by atoms with Gasteiger partial charge in [-0.05, 0) is 12.1 Å². The quantitative estimate of drug-likeness (QED) is 0.682. The molecule has 1 N–H and O–H groups in total. The summed E-state index contributed by atoms with van der Waals surface area (Å²) in [7, 11) is 0. The number of aliphatic hydroxyl groups excluding tert-OH is 1. The Hall–Kier alpha value is -1.29. The van der Waals surface area contributed by atoms with Gasteiger partial charge >= 0.3 is 6.09 Å². The predicted molar refractivity (Wildman–Crippen MR) is 42.9 cm³/mol. The Morgan fingerprint density at radius 1 is 1.42 bits per heavy atom. The first-order valence-electron chi connectivity index (χ1n) is 3.75. The number of ether oxygens (including phenoxy) is 1. The van der Waals surface area contributed by atoms with E-state index in [9.17, 15) is 4.79 Å². The summed E-state index contributed by atoms with van der Waals surface area (Å²) >= 11 is 0. The first-order chi connectivity index (χ1) is 5.84. The number of aliphatic hydroxyl groups is 1. The van der Waals surface area contributed by atoms with Gasteiger partial charge in [0, 0.05) is 25.4 Å². The van der Waals surface area contributed by atoms with Crippen LogP contribution in [0, 0.1) is 0 Å². The van der Waals surface area contributed by atoms with Crippen molar-refractivity contribution in [2.45, 2.75) is 6.42 Å². The van der Waals surface area contributed by atoms with Crippen LogP contribution in [0.5, 0.6) is 0 Å². The zero-order valence-electron chi connectivity index (χ0n) is 6.64. The molecule has 4 nitrogen and oxygen atoms in total. The van der Waals surface area contributed by atoms with E-state index in [1.807, 2.05) is 0 Å². The van der Waals surface area contributed by atoms with Crippen molar-refractivity contribution in [2.24, 2.45) is 0 Å². The normalized spacial score (nSPS) is 9.75. The third-order valence-electron chi connectivity index (χ3n) is 1.34. The lowest BCUT2D eigenvalue weighted by atomic mass is 10.5. The summed E-state index contributed by atoms with van der Waals surface area (Å²) in [4.78, 5) is 11.0. The van der Waals surface area contributed by atoms with Crippen molar-refractivity contribution in [1.29, 1.82) is 0 Å². The third-order valence-corrected chi connectivity index (χ3v) is 1.34. The Morgan fingerprint density at radius 2 is 2.08 bits per heavy atom. The Kier molecular flexibility index (Phi) is 3.35. The van der Waals surface area contributed by atoms with Crippen LogP contribution < -0.4 is 0 Å². The van der Waals surface area contributed by atoms with E-state index in [2.05, 4.69) is 0 Å². The molecule has 0 unspecified atom stereocenters. The molecule has 4 heteroatoms. The second kappa shape index (κ2) is 4.56. The van der Waals surface area contributed by atoms with Gasteiger partial charge in [0.15, 0.2) is 0 Å². The van der Waals surface area contributed by atoms with Crippen molar-refractivity contribution < 1.29 is 14.6 Å². The molecule has 1 aromatic heterocycles. The maximum atomic E-state index is 11.0. The zero-order valence-corrected chi connectivity index (χ0v) is 6.64. The van der Waals surface area contributed by atoms with E-state index in [4.69, 9.17) is 9.84 Å². The molecule has 66 valence electrons. The second-order valence-corrected chi connectivity index (χ2v) is 2.28. The molecule has 1 aromatic rings. The first kappa shape index (κ1) is 8.80. The van der Waals surface area contributed by atoms with Crippen molar-refractivity contribution in [2.75, 3.05) is 13.2 Å². The fourth-order valence-electron chi connectivity index (χ4n) is 0.755. The lowest BCUT2D eigenvalue weighted by Gasteiger charge is -2.02. The highest BCUT2D eigenvalue weighted by atomic mass is 16.5. The molecule has 0 fully saturated rings. The molecule has 0 radical (unpaired) electrons. The van der Waals surface area contributed by atoms with E-state index in [-0.39, 0.29) is 13.2 Å². The van der Waals surface area contributed by atoms with Crippen LogP contribution in [0.4, 0.5) is 4.79 Å². The molecule has 0 aliphatic carbocycles. The van der Waals surface area contributed by atoms with E-state index in [1.165, 1.54) is 4.57 Å². The molecule has 0 atom stereocenters. The molecule has 1 heterocycles. The van der Waals surface area contributed by atoms with Gasteiger partial charge in [-0.2, -0.15) is 0 Å². The largest absolute Gasteiger partial charge is 0.449 e. The van der Waals surface area contributed by atoms with Crippen LogP contribution in [0.3, 0.4) is 0 Å². The van der Waals surface area contributed by atoms with Gasteiger partial charge < -0.3 is 9.84 Å². The number of hydrogen-bond donors (Lipinski definition) is 1. The number of aromatic nitrogens is 1. The number of carbonyl (C=O) groups is 1. The van der Waals surface area contributed by atoms with Crippen LogP contribution >= 0.6 is 0 Å². The minimum Gasteiger partial charge on any atom is -0.449 e. The third kappa shape index (κ3) is 2.39. The van der Waals surface area contributed by atoms with E-state index in [0.29, 0.717) is 6.42 Å². The number of hydrogen-bond acceptors (Lipinski definition) is 3. The summed E-state index contributed by atoms with van der Waals surface area (Å²) in [6.07, 6.45) is 3.30. The Bertz CT molecular complexity index is 230. The van der Waals surface area contributed by atoms with Crippen LogP contribution in [-0.2, 0) is 4.74 Å². The topological polar surface area (TPSA) is 51.5 Å². The fraction of sp³-hybridized carbons (Fsp3) is 0.375. The van der Waals surface area contributed by atoms with Crippen molar-refractivity contribution in [3.8, 4) is 0 Å². The first-order valence-corrected chi connectivity index (χ1v) is 3.75. The highest BCUT2D eigenvalue weighted by Crippen LogP contribution is 1.93. The fourth-order valence-corrected chi connectivity index (χ4v) is 0.755. The zero-order chi connectivity index (χ0) is 8.81. The molecular formula is C8H11NO3. The van der Waals surface area contributed by atoms with Crippen molar-refractivity contribution in [1.82, 2.24) is 4.57 Å². The highest BCUT2D eigenvalue weighted by Gasteiger charge is 2.01. The molecule has 0 aromatic carbocycles. The summed E-state index contributed by atoms with van der Waals surface area (Å²) in [6, 6.07) is 3.49. The summed E-state index contributed by atoms with van der Waals surface area (Å²) in [5, 5.41) is 8.41.